The Morgan fingerprint density at radius 2 is 2.00 bits per heavy atom. The molecule has 1 aromatic carbocycles. The first-order valence-corrected chi connectivity index (χ1v) is 7.11. The molecule has 1 aromatic rings. The maximum absolute atomic E-state index is 12.3. The zero-order chi connectivity index (χ0) is 16.2. The van der Waals surface area contributed by atoms with Crippen molar-refractivity contribution in [3.8, 4) is 0 Å². The first-order valence-electron chi connectivity index (χ1n) is 5.67. The molecule has 0 aromatic heterocycles. The molecule has 0 aliphatic heterocycles. The van der Waals surface area contributed by atoms with Crippen LogP contribution in [0, 0.1) is 15.5 Å². The van der Waals surface area contributed by atoms with Gasteiger partial charge in [0, 0.05) is 19.2 Å². The van der Waals surface area contributed by atoms with E-state index in [0.29, 0.717) is 6.20 Å². The van der Waals surface area contributed by atoms with E-state index < -0.39 is 26.7 Å². The van der Waals surface area contributed by atoms with Crippen LogP contribution in [0.3, 0.4) is 0 Å². The Bertz CT molecular complexity index is 705. The van der Waals surface area contributed by atoms with E-state index in [9.17, 15) is 23.6 Å². The van der Waals surface area contributed by atoms with Crippen LogP contribution in [0.5, 0.6) is 0 Å². The summed E-state index contributed by atoms with van der Waals surface area (Å²) < 4.78 is 25.4. The van der Waals surface area contributed by atoms with Crippen LogP contribution in [-0.2, 0) is 10.0 Å². The fourth-order valence-electron chi connectivity index (χ4n) is 1.47. The van der Waals surface area contributed by atoms with Crippen molar-refractivity contribution < 1.29 is 18.4 Å². The largest absolute Gasteiger partial charge is 0.504 e. The quantitative estimate of drug-likeness (QED) is 0.382. The van der Waals surface area contributed by atoms with Crippen molar-refractivity contribution in [3.63, 3.8) is 0 Å². The standard InChI is InChI=1S/C11H12N4O5S/c1-8(11(16)7-13-12)14(2)21(19,20)10-5-3-9(4-6-10)15(17)18/h3-8H,1-2H3/p+1/b11-7-/t8-/m0/s1. The van der Waals surface area contributed by atoms with Gasteiger partial charge in [-0.1, -0.05) is 0 Å². The molecule has 1 atom stereocenters. The Balaban J connectivity index is 3.13. The van der Waals surface area contributed by atoms with E-state index >= 15 is 0 Å². The van der Waals surface area contributed by atoms with E-state index in [1.807, 2.05) is 0 Å². The van der Waals surface area contributed by atoms with Crippen molar-refractivity contribution in [2.75, 3.05) is 7.05 Å². The molecule has 0 amide bonds. The number of aliphatic hydroxyl groups is 1. The number of non-ortho nitro benzene ring substituents is 1. The zero-order valence-electron chi connectivity index (χ0n) is 11.2. The Labute approximate surface area is 120 Å². The first-order chi connectivity index (χ1) is 9.71. The molecule has 0 unspecified atom stereocenters. The SMILES string of the molecule is C[C@@H](/C(O)=C/[N+]#N)N(C)S(=O)(=O)c1ccc([N+](=O)[O-])cc1. The molecule has 0 radical (unpaired) electrons. The highest BCUT2D eigenvalue weighted by atomic mass is 32.2. The second kappa shape index (κ2) is 6.29. The van der Waals surface area contributed by atoms with Crippen LogP contribution in [0.1, 0.15) is 6.92 Å². The number of nitrogens with zero attached hydrogens (tertiary/aromatic N) is 4. The van der Waals surface area contributed by atoms with Crippen LogP contribution in [0.2, 0.25) is 0 Å². The van der Waals surface area contributed by atoms with Gasteiger partial charge in [0.25, 0.3) is 5.69 Å². The van der Waals surface area contributed by atoms with Gasteiger partial charge in [-0.15, -0.1) is 0 Å². The smallest absolute Gasteiger partial charge is 0.389 e. The van der Waals surface area contributed by atoms with Gasteiger partial charge in [-0.25, -0.2) is 8.42 Å². The molecule has 0 bridgehead atoms. The lowest BCUT2D eigenvalue weighted by Gasteiger charge is -2.22. The molecule has 1 rings (SSSR count). The highest BCUT2D eigenvalue weighted by Crippen LogP contribution is 2.21. The van der Waals surface area contributed by atoms with Gasteiger partial charge in [-0.2, -0.15) is 4.31 Å². The second-order valence-corrected chi connectivity index (χ2v) is 6.12. The molecular formula is C11H13N4O5S+. The second-order valence-electron chi connectivity index (χ2n) is 4.12. The van der Waals surface area contributed by atoms with Crippen LogP contribution in [0.25, 0.3) is 4.98 Å². The lowest BCUT2D eigenvalue weighted by atomic mass is 10.3. The van der Waals surface area contributed by atoms with Gasteiger partial charge in [0.05, 0.1) is 15.9 Å². The molecule has 0 fully saturated rings. The van der Waals surface area contributed by atoms with E-state index in [1.165, 1.54) is 14.0 Å². The zero-order valence-corrected chi connectivity index (χ0v) is 12.1. The third-order valence-electron chi connectivity index (χ3n) is 2.89. The Kier molecular flexibility index (Phi) is 4.96. The monoisotopic (exact) mass is 313 g/mol. The number of sulfonamides is 1. The third-order valence-corrected chi connectivity index (χ3v) is 4.83. The molecule has 0 saturated carbocycles. The van der Waals surface area contributed by atoms with Crippen molar-refractivity contribution in [1.82, 2.24) is 4.31 Å². The number of aliphatic hydroxyl groups excluding tert-OH is 1. The van der Waals surface area contributed by atoms with Crippen LogP contribution in [0.4, 0.5) is 5.69 Å². The van der Waals surface area contributed by atoms with Crippen molar-refractivity contribution in [2.45, 2.75) is 17.9 Å². The van der Waals surface area contributed by atoms with Gasteiger partial charge in [0.2, 0.25) is 15.4 Å². The molecule has 9 nitrogen and oxygen atoms in total. The molecule has 0 heterocycles. The summed E-state index contributed by atoms with van der Waals surface area (Å²) in [4.78, 5) is 12.4. The van der Waals surface area contributed by atoms with Gasteiger partial charge in [0.15, 0.2) is 10.7 Å². The predicted molar refractivity (Wildman–Crippen MR) is 73.3 cm³/mol. The molecule has 0 aliphatic rings. The number of rotatable bonds is 5. The van der Waals surface area contributed by atoms with Gasteiger partial charge in [-0.3, -0.25) is 10.1 Å². The lowest BCUT2D eigenvalue weighted by Crippen LogP contribution is -2.36. The normalized spacial score (nSPS) is 13.7. The number of hydrogen-bond donors (Lipinski definition) is 1. The van der Waals surface area contributed by atoms with Crippen molar-refractivity contribution >= 4 is 15.7 Å². The Morgan fingerprint density at radius 3 is 2.43 bits per heavy atom. The molecule has 21 heavy (non-hydrogen) atoms. The molecule has 0 aliphatic carbocycles. The van der Waals surface area contributed by atoms with Crippen molar-refractivity contribution in [2.24, 2.45) is 0 Å². The van der Waals surface area contributed by atoms with Crippen molar-refractivity contribution in [1.29, 1.82) is 5.39 Å². The van der Waals surface area contributed by atoms with Crippen LogP contribution in [-0.4, -0.2) is 35.8 Å². The van der Waals surface area contributed by atoms with E-state index in [1.54, 1.807) is 0 Å². The molecule has 1 N–H and O–H groups in total. The molecular weight excluding hydrogens is 300 g/mol. The summed E-state index contributed by atoms with van der Waals surface area (Å²) in [5, 5.41) is 28.4. The minimum Gasteiger partial charge on any atom is -0.504 e. The summed E-state index contributed by atoms with van der Waals surface area (Å²) in [6.45, 7) is 1.39. The number of nitro benzene ring substituents is 1. The summed E-state index contributed by atoms with van der Waals surface area (Å²) in [5.74, 6) is -0.453. The average Bonchev–Trinajstić information content (AvgIpc) is 2.45. The highest BCUT2D eigenvalue weighted by molar-refractivity contribution is 7.89. The van der Waals surface area contributed by atoms with E-state index in [0.717, 1.165) is 28.6 Å². The van der Waals surface area contributed by atoms with Gasteiger partial charge in [0.1, 0.15) is 0 Å². The molecule has 0 spiro atoms. The Morgan fingerprint density at radius 1 is 1.48 bits per heavy atom. The molecule has 112 valence electrons. The van der Waals surface area contributed by atoms with Crippen LogP contribution in [0.15, 0.2) is 41.1 Å². The van der Waals surface area contributed by atoms with Gasteiger partial charge in [-0.05, 0) is 19.1 Å². The summed E-state index contributed by atoms with van der Waals surface area (Å²) in [7, 11) is -2.73. The maximum Gasteiger partial charge on any atom is 0.389 e. The molecule has 10 heteroatoms. The number of likely N-dealkylation sites (N-methyl/N-ethyl adjacent to an activating group) is 1. The van der Waals surface area contributed by atoms with E-state index in [4.69, 9.17) is 5.39 Å². The maximum atomic E-state index is 12.3. The van der Waals surface area contributed by atoms with Crippen molar-refractivity contribution in [3.05, 3.63) is 51.3 Å². The summed E-state index contributed by atoms with van der Waals surface area (Å²) in [6.07, 6.45) is 0.715. The van der Waals surface area contributed by atoms with E-state index in [-0.39, 0.29) is 10.6 Å². The lowest BCUT2D eigenvalue weighted by molar-refractivity contribution is -0.384. The first kappa shape index (κ1) is 16.5. The summed E-state index contributed by atoms with van der Waals surface area (Å²) in [6, 6.07) is 3.39. The minimum absolute atomic E-state index is 0.156. The number of hydrogen-bond acceptors (Lipinski definition) is 6. The summed E-state index contributed by atoms with van der Waals surface area (Å²) in [5.41, 5.74) is -0.230. The van der Waals surface area contributed by atoms with Crippen LogP contribution < -0.4 is 0 Å². The predicted octanol–water partition coefficient (Wildman–Crippen LogP) is 1.86. The topological polar surface area (TPSA) is 129 Å². The number of nitro groups is 1. The van der Waals surface area contributed by atoms with Gasteiger partial charge < -0.3 is 5.11 Å². The Hall–Kier alpha value is -2.51. The fourth-order valence-corrected chi connectivity index (χ4v) is 2.80. The van der Waals surface area contributed by atoms with Crippen LogP contribution >= 0.6 is 0 Å². The molecule has 0 saturated heterocycles. The summed E-state index contributed by atoms with van der Waals surface area (Å²) >= 11 is 0. The fraction of sp³-hybridized carbons (Fsp3) is 0.273. The number of diazo groups is 1. The van der Waals surface area contributed by atoms with Gasteiger partial charge >= 0.3 is 6.20 Å². The number of benzene rings is 1. The average molecular weight is 313 g/mol. The third kappa shape index (κ3) is 3.53. The van der Waals surface area contributed by atoms with E-state index in [2.05, 4.69) is 4.98 Å². The minimum atomic E-state index is -3.96. The highest BCUT2D eigenvalue weighted by Gasteiger charge is 2.29.